The number of nitrogens with two attached hydrogens (primary N) is 1. The number of aliphatic hydroxyl groups is 1. The van der Waals surface area contributed by atoms with Crippen LogP contribution in [-0.4, -0.2) is 28.8 Å². The third-order valence-electron chi connectivity index (χ3n) is 4.18. The molecule has 2 aromatic rings. The number of hydrogen-bond acceptors (Lipinski definition) is 5. The number of halogens is 1. The minimum Gasteiger partial charge on any atom is -0.396 e. The molecule has 0 bridgehead atoms. The molecule has 0 unspecified atom stereocenters. The molecule has 22 heavy (non-hydrogen) atoms. The lowest BCUT2D eigenvalue weighted by molar-refractivity contribution is 0.00280. The largest absolute Gasteiger partial charge is 0.396 e. The molecule has 3 rings (SSSR count). The molecule has 0 radical (unpaired) electrons. The highest BCUT2D eigenvalue weighted by Crippen LogP contribution is 2.30. The number of thiazole rings is 1. The summed E-state index contributed by atoms with van der Waals surface area (Å²) in [4.78, 5) is 5.32. The third kappa shape index (κ3) is 3.45. The first-order chi connectivity index (χ1) is 10.6. The van der Waals surface area contributed by atoms with Gasteiger partial charge in [0.1, 0.15) is 5.82 Å². The van der Waals surface area contributed by atoms with Crippen LogP contribution in [0.1, 0.15) is 24.3 Å². The van der Waals surface area contributed by atoms with Crippen LogP contribution >= 0.6 is 11.3 Å². The zero-order chi connectivity index (χ0) is 15.6. The summed E-state index contributed by atoms with van der Waals surface area (Å²) in [5, 5.41) is 14.7. The maximum Gasteiger partial charge on any atom is 0.146 e. The Morgan fingerprint density at radius 1 is 1.36 bits per heavy atom. The van der Waals surface area contributed by atoms with Crippen LogP contribution in [0.2, 0.25) is 0 Å². The number of nitrogens with zero attached hydrogens (tertiary/aromatic N) is 1. The Hall–Kier alpha value is -1.50. The molecule has 1 aliphatic heterocycles. The van der Waals surface area contributed by atoms with Crippen LogP contribution in [0.25, 0.3) is 10.4 Å². The van der Waals surface area contributed by atoms with Crippen LogP contribution in [0.4, 0.5) is 10.1 Å². The average molecular weight is 321 g/mol. The Morgan fingerprint density at radius 3 is 2.86 bits per heavy atom. The normalized spacial score (nSPS) is 17.5. The predicted molar refractivity (Wildman–Crippen MR) is 87.3 cm³/mol. The third-order valence-corrected chi connectivity index (χ3v) is 5.28. The van der Waals surface area contributed by atoms with Crippen molar-refractivity contribution in [3.8, 4) is 10.4 Å². The summed E-state index contributed by atoms with van der Waals surface area (Å²) in [6, 6.07) is 4.81. The van der Waals surface area contributed by atoms with Crippen LogP contribution in [-0.2, 0) is 6.42 Å². The van der Waals surface area contributed by atoms with Crippen molar-refractivity contribution in [2.75, 3.05) is 18.8 Å². The first-order valence-electron chi connectivity index (χ1n) is 7.49. The minimum atomic E-state index is -0.579. The fourth-order valence-corrected chi connectivity index (χ4v) is 3.64. The highest BCUT2D eigenvalue weighted by Gasteiger charge is 2.28. The van der Waals surface area contributed by atoms with Crippen molar-refractivity contribution in [2.45, 2.75) is 31.3 Å². The van der Waals surface area contributed by atoms with Gasteiger partial charge in [-0.2, -0.15) is 0 Å². The van der Waals surface area contributed by atoms with Crippen LogP contribution < -0.4 is 11.1 Å². The number of aromatic nitrogens is 1. The van der Waals surface area contributed by atoms with Crippen molar-refractivity contribution >= 4 is 17.0 Å². The highest BCUT2D eigenvalue weighted by molar-refractivity contribution is 7.15. The summed E-state index contributed by atoms with van der Waals surface area (Å²) in [5.74, 6) is -0.406. The zero-order valence-corrected chi connectivity index (χ0v) is 13.1. The first-order valence-corrected chi connectivity index (χ1v) is 8.31. The number of benzene rings is 1. The number of rotatable bonds is 4. The molecule has 1 aliphatic rings. The quantitative estimate of drug-likeness (QED) is 0.757. The number of hydrogen-bond donors (Lipinski definition) is 3. The van der Waals surface area contributed by atoms with E-state index in [0.717, 1.165) is 54.2 Å². The Morgan fingerprint density at radius 2 is 2.14 bits per heavy atom. The Labute approximate surface area is 133 Å². The van der Waals surface area contributed by atoms with E-state index in [9.17, 15) is 9.50 Å². The summed E-state index contributed by atoms with van der Waals surface area (Å²) in [7, 11) is 0. The monoisotopic (exact) mass is 321 g/mol. The van der Waals surface area contributed by atoms with Crippen molar-refractivity contribution in [1.29, 1.82) is 0 Å². The van der Waals surface area contributed by atoms with E-state index in [-0.39, 0.29) is 5.69 Å². The highest BCUT2D eigenvalue weighted by atomic mass is 32.1. The van der Waals surface area contributed by atoms with Gasteiger partial charge in [0.05, 0.1) is 21.2 Å². The zero-order valence-electron chi connectivity index (χ0n) is 12.3. The number of nitrogen functional groups attached to an aromatic ring is 1. The Kier molecular flexibility index (Phi) is 4.42. The smallest absolute Gasteiger partial charge is 0.146 e. The fourth-order valence-electron chi connectivity index (χ4n) is 2.72. The predicted octanol–water partition coefficient (Wildman–Crippen LogP) is 2.58. The molecule has 1 saturated heterocycles. The summed E-state index contributed by atoms with van der Waals surface area (Å²) < 4.78 is 13.5. The first kappa shape index (κ1) is 15.4. The number of piperidine rings is 1. The molecule has 0 amide bonds. The molecule has 4 nitrogen and oxygen atoms in total. The molecular formula is C16H20FN3OS. The lowest BCUT2D eigenvalue weighted by Crippen LogP contribution is -2.42. The molecular weight excluding hydrogens is 301 g/mol. The van der Waals surface area contributed by atoms with Crippen molar-refractivity contribution in [1.82, 2.24) is 10.3 Å². The lowest BCUT2D eigenvalue weighted by Gasteiger charge is -2.32. The SMILES string of the molecule is Nc1ccc(-c2cnc(CCC3(O)CCNCC3)s2)cc1F. The van der Waals surface area contributed by atoms with Crippen molar-refractivity contribution in [3.63, 3.8) is 0 Å². The second-order valence-corrected chi connectivity index (χ2v) is 6.94. The number of anilines is 1. The summed E-state index contributed by atoms with van der Waals surface area (Å²) >= 11 is 1.54. The fraction of sp³-hybridized carbons (Fsp3) is 0.438. The van der Waals surface area contributed by atoms with Crippen LogP contribution in [0.3, 0.4) is 0 Å². The van der Waals surface area contributed by atoms with E-state index in [4.69, 9.17) is 5.73 Å². The summed E-state index contributed by atoms with van der Waals surface area (Å²) in [5.41, 5.74) is 5.86. The van der Waals surface area contributed by atoms with E-state index >= 15 is 0 Å². The second-order valence-electron chi connectivity index (χ2n) is 5.83. The van der Waals surface area contributed by atoms with Gasteiger partial charge in [0.25, 0.3) is 0 Å². The standard InChI is InChI=1S/C16H20FN3OS/c17-12-9-11(1-2-13(12)18)14-10-20-15(22-14)3-4-16(21)5-7-19-8-6-16/h1-2,9-10,19,21H,3-8,18H2. The molecule has 0 atom stereocenters. The second kappa shape index (κ2) is 6.32. The van der Waals surface area contributed by atoms with Crippen LogP contribution in [0.15, 0.2) is 24.4 Å². The molecule has 0 spiro atoms. The maximum atomic E-state index is 13.5. The van der Waals surface area contributed by atoms with E-state index in [2.05, 4.69) is 10.3 Å². The molecule has 2 heterocycles. The van der Waals surface area contributed by atoms with Gasteiger partial charge in [0.15, 0.2) is 0 Å². The van der Waals surface area contributed by atoms with Crippen molar-refractivity contribution < 1.29 is 9.50 Å². The van der Waals surface area contributed by atoms with Gasteiger partial charge in [-0.25, -0.2) is 9.37 Å². The van der Waals surface area contributed by atoms with E-state index in [1.54, 1.807) is 29.7 Å². The van der Waals surface area contributed by atoms with Gasteiger partial charge in [0.2, 0.25) is 0 Å². The lowest BCUT2D eigenvalue weighted by atomic mass is 9.88. The molecule has 118 valence electrons. The van der Waals surface area contributed by atoms with Gasteiger partial charge in [-0.15, -0.1) is 11.3 Å². The number of aryl methyl sites for hydroxylation is 1. The van der Waals surface area contributed by atoms with Crippen LogP contribution in [0, 0.1) is 5.82 Å². The topological polar surface area (TPSA) is 71.2 Å². The van der Waals surface area contributed by atoms with E-state index < -0.39 is 11.4 Å². The van der Waals surface area contributed by atoms with Gasteiger partial charge < -0.3 is 16.2 Å². The molecule has 1 fully saturated rings. The van der Waals surface area contributed by atoms with E-state index in [1.165, 1.54) is 6.07 Å². The van der Waals surface area contributed by atoms with Crippen molar-refractivity contribution in [2.24, 2.45) is 0 Å². The summed E-state index contributed by atoms with van der Waals surface area (Å²) in [6.45, 7) is 1.73. The Balaban J connectivity index is 1.67. The average Bonchev–Trinajstić information content (AvgIpc) is 2.98. The van der Waals surface area contributed by atoms with E-state index in [0.29, 0.717) is 0 Å². The Bertz CT molecular complexity index is 653. The van der Waals surface area contributed by atoms with Gasteiger partial charge in [-0.1, -0.05) is 6.07 Å². The van der Waals surface area contributed by atoms with Gasteiger partial charge in [0, 0.05) is 12.6 Å². The van der Waals surface area contributed by atoms with Gasteiger partial charge >= 0.3 is 0 Å². The molecule has 0 aliphatic carbocycles. The van der Waals surface area contributed by atoms with E-state index in [1.807, 2.05) is 0 Å². The number of nitrogens with one attached hydrogen (secondary N) is 1. The minimum absolute atomic E-state index is 0.154. The molecule has 0 saturated carbocycles. The van der Waals surface area contributed by atoms with Gasteiger partial charge in [-0.05, 0) is 50.0 Å². The van der Waals surface area contributed by atoms with Crippen LogP contribution in [0.5, 0.6) is 0 Å². The maximum absolute atomic E-state index is 13.5. The molecule has 4 N–H and O–H groups in total. The molecule has 1 aromatic carbocycles. The van der Waals surface area contributed by atoms with Gasteiger partial charge in [-0.3, -0.25) is 0 Å². The molecule has 1 aromatic heterocycles. The summed E-state index contributed by atoms with van der Waals surface area (Å²) in [6.07, 6.45) is 4.80. The molecule has 6 heteroatoms. The van der Waals surface area contributed by atoms with Crippen molar-refractivity contribution in [3.05, 3.63) is 35.2 Å².